The molecule has 0 spiro atoms. The quantitative estimate of drug-likeness (QED) is 0.590. The van der Waals surface area contributed by atoms with Crippen LogP contribution in [0.1, 0.15) is 27.0 Å². The maximum atomic E-state index is 13.9. The Kier molecular flexibility index (Phi) is 3.61. The van der Waals surface area contributed by atoms with Gasteiger partial charge in [0.05, 0.1) is 11.1 Å². The Bertz CT molecular complexity index is 659. The van der Waals surface area contributed by atoms with Crippen LogP contribution in [-0.4, -0.2) is 5.78 Å². The Morgan fingerprint density at radius 1 is 0.950 bits per heavy atom. The fourth-order valence-corrected chi connectivity index (χ4v) is 1.90. The molecule has 0 bridgehead atoms. The predicted octanol–water partition coefficient (Wildman–Crippen LogP) is 4.38. The molecule has 0 amide bonds. The summed E-state index contributed by atoms with van der Waals surface area (Å²) < 4.78 is 52.4. The van der Waals surface area contributed by atoms with Crippen molar-refractivity contribution in [3.63, 3.8) is 0 Å². The van der Waals surface area contributed by atoms with Gasteiger partial charge < -0.3 is 0 Å². The fourth-order valence-electron chi connectivity index (χ4n) is 1.90. The number of hydrogen-bond acceptors (Lipinski definition) is 1. The van der Waals surface area contributed by atoms with Crippen LogP contribution in [0.3, 0.4) is 0 Å². The van der Waals surface area contributed by atoms with Crippen LogP contribution in [0, 0.1) is 12.7 Å². The molecule has 1 nitrogen and oxygen atoms in total. The lowest BCUT2D eigenvalue weighted by Gasteiger charge is -2.12. The van der Waals surface area contributed by atoms with Crippen LogP contribution < -0.4 is 0 Å². The third kappa shape index (κ3) is 2.57. The summed E-state index contributed by atoms with van der Waals surface area (Å²) in [5.74, 6) is -1.77. The number of carbonyl (C=O) groups excluding carboxylic acids is 1. The largest absolute Gasteiger partial charge is 0.417 e. The van der Waals surface area contributed by atoms with E-state index in [0.717, 1.165) is 12.1 Å². The highest BCUT2D eigenvalue weighted by atomic mass is 19.4. The summed E-state index contributed by atoms with van der Waals surface area (Å²) >= 11 is 0. The number of hydrogen-bond donors (Lipinski definition) is 0. The first-order valence-electron chi connectivity index (χ1n) is 5.78. The molecule has 104 valence electrons. The van der Waals surface area contributed by atoms with Gasteiger partial charge in [-0.25, -0.2) is 4.39 Å². The number of rotatable bonds is 2. The zero-order valence-corrected chi connectivity index (χ0v) is 10.5. The number of carbonyl (C=O) groups is 1. The van der Waals surface area contributed by atoms with Gasteiger partial charge in [-0.1, -0.05) is 30.3 Å². The van der Waals surface area contributed by atoms with E-state index in [4.69, 9.17) is 0 Å². The van der Waals surface area contributed by atoms with E-state index in [9.17, 15) is 22.4 Å². The first-order valence-corrected chi connectivity index (χ1v) is 5.78. The third-order valence-electron chi connectivity index (χ3n) is 2.91. The van der Waals surface area contributed by atoms with Gasteiger partial charge in [-0.2, -0.15) is 13.2 Å². The van der Waals surface area contributed by atoms with Crippen LogP contribution in [0.25, 0.3) is 0 Å². The molecular formula is C15H10F4O. The van der Waals surface area contributed by atoms with Crippen molar-refractivity contribution < 1.29 is 22.4 Å². The van der Waals surface area contributed by atoms with Gasteiger partial charge in [0.2, 0.25) is 0 Å². The molecule has 0 aliphatic heterocycles. The van der Waals surface area contributed by atoms with E-state index in [1.807, 2.05) is 0 Å². The Morgan fingerprint density at radius 2 is 1.55 bits per heavy atom. The summed E-state index contributed by atoms with van der Waals surface area (Å²) in [5.41, 5.74) is -1.77. The van der Waals surface area contributed by atoms with E-state index in [0.29, 0.717) is 0 Å². The van der Waals surface area contributed by atoms with Crippen molar-refractivity contribution in [2.75, 3.05) is 0 Å². The Labute approximate surface area is 112 Å². The number of ketones is 1. The molecule has 0 aliphatic carbocycles. The zero-order valence-electron chi connectivity index (χ0n) is 10.5. The van der Waals surface area contributed by atoms with Crippen LogP contribution in [0.4, 0.5) is 17.6 Å². The van der Waals surface area contributed by atoms with Crippen LogP contribution >= 0.6 is 0 Å². The van der Waals surface area contributed by atoms with Gasteiger partial charge in [0.1, 0.15) is 5.82 Å². The maximum Gasteiger partial charge on any atom is 0.417 e. The number of benzene rings is 2. The second-order valence-corrected chi connectivity index (χ2v) is 4.31. The highest BCUT2D eigenvalue weighted by Gasteiger charge is 2.35. The topological polar surface area (TPSA) is 17.1 Å². The average molecular weight is 282 g/mol. The normalized spacial score (nSPS) is 11.4. The molecule has 0 aliphatic rings. The van der Waals surface area contributed by atoms with Crippen molar-refractivity contribution >= 4 is 5.78 Å². The average Bonchev–Trinajstić information content (AvgIpc) is 2.40. The molecule has 0 radical (unpaired) electrons. The fraction of sp³-hybridized carbons (Fsp3) is 0.133. The molecule has 0 unspecified atom stereocenters. The molecule has 2 rings (SSSR count). The van der Waals surface area contributed by atoms with Crippen molar-refractivity contribution in [1.82, 2.24) is 0 Å². The van der Waals surface area contributed by atoms with E-state index in [1.165, 1.54) is 37.3 Å². The zero-order chi connectivity index (χ0) is 14.9. The standard InChI is InChI=1S/C15H10F4O/c1-9-5-4-7-11(13(9)16)14(20)10-6-2-3-8-12(10)15(17,18)19/h2-8H,1H3. The molecule has 0 fully saturated rings. The minimum absolute atomic E-state index is 0.209. The van der Waals surface area contributed by atoms with Gasteiger partial charge in [0, 0.05) is 5.56 Å². The van der Waals surface area contributed by atoms with Crippen molar-refractivity contribution in [2.45, 2.75) is 13.1 Å². The number of halogens is 4. The second kappa shape index (κ2) is 5.07. The van der Waals surface area contributed by atoms with Crippen LogP contribution in [-0.2, 0) is 6.18 Å². The molecule has 0 N–H and O–H groups in total. The summed E-state index contributed by atoms with van der Waals surface area (Å²) in [7, 11) is 0. The Hall–Kier alpha value is -2.17. The molecule has 5 heteroatoms. The van der Waals surface area contributed by atoms with Gasteiger partial charge in [-0.15, -0.1) is 0 Å². The summed E-state index contributed by atoms with van der Waals surface area (Å²) in [6.45, 7) is 1.45. The number of aryl methyl sites for hydroxylation is 1. The van der Waals surface area contributed by atoms with E-state index in [2.05, 4.69) is 0 Å². The molecule has 0 atom stereocenters. The first kappa shape index (κ1) is 14.2. The molecule has 0 heterocycles. The molecule has 2 aromatic carbocycles. The van der Waals surface area contributed by atoms with Gasteiger partial charge in [0.25, 0.3) is 0 Å². The van der Waals surface area contributed by atoms with Crippen LogP contribution in [0.2, 0.25) is 0 Å². The lowest BCUT2D eigenvalue weighted by atomic mass is 9.96. The first-order chi connectivity index (χ1) is 9.32. The second-order valence-electron chi connectivity index (χ2n) is 4.31. The molecule has 2 aromatic rings. The SMILES string of the molecule is Cc1cccc(C(=O)c2ccccc2C(F)(F)F)c1F. The summed E-state index contributed by atoms with van der Waals surface area (Å²) in [6, 6.07) is 8.41. The highest BCUT2D eigenvalue weighted by molar-refractivity contribution is 6.10. The minimum atomic E-state index is -4.66. The molecule has 0 saturated heterocycles. The van der Waals surface area contributed by atoms with Crippen LogP contribution in [0.5, 0.6) is 0 Å². The molecular weight excluding hydrogens is 272 g/mol. The molecule has 0 saturated carbocycles. The van der Waals surface area contributed by atoms with Gasteiger partial charge in [-0.05, 0) is 24.6 Å². The van der Waals surface area contributed by atoms with Crippen molar-refractivity contribution in [2.24, 2.45) is 0 Å². The van der Waals surface area contributed by atoms with Gasteiger partial charge in [0.15, 0.2) is 5.78 Å². The lowest BCUT2D eigenvalue weighted by Crippen LogP contribution is -2.14. The van der Waals surface area contributed by atoms with Crippen molar-refractivity contribution in [1.29, 1.82) is 0 Å². The van der Waals surface area contributed by atoms with Crippen LogP contribution in [0.15, 0.2) is 42.5 Å². The van der Waals surface area contributed by atoms with E-state index >= 15 is 0 Å². The van der Waals surface area contributed by atoms with Gasteiger partial charge in [-0.3, -0.25) is 4.79 Å². The maximum absolute atomic E-state index is 13.9. The van der Waals surface area contributed by atoms with Crippen molar-refractivity contribution in [3.8, 4) is 0 Å². The van der Waals surface area contributed by atoms with E-state index in [1.54, 1.807) is 0 Å². The smallest absolute Gasteiger partial charge is 0.288 e. The molecule has 20 heavy (non-hydrogen) atoms. The van der Waals surface area contributed by atoms with Crippen molar-refractivity contribution in [3.05, 3.63) is 70.5 Å². The molecule has 0 aromatic heterocycles. The summed E-state index contributed by atoms with van der Waals surface area (Å²) in [6.07, 6.45) is -4.66. The third-order valence-corrected chi connectivity index (χ3v) is 2.91. The predicted molar refractivity (Wildman–Crippen MR) is 66.0 cm³/mol. The Balaban J connectivity index is 2.58. The lowest BCUT2D eigenvalue weighted by molar-refractivity contribution is -0.137. The number of alkyl halides is 3. The highest BCUT2D eigenvalue weighted by Crippen LogP contribution is 2.33. The summed E-state index contributed by atoms with van der Waals surface area (Å²) in [5, 5.41) is 0. The Morgan fingerprint density at radius 3 is 2.20 bits per heavy atom. The summed E-state index contributed by atoms with van der Waals surface area (Å²) in [4.78, 5) is 12.1. The minimum Gasteiger partial charge on any atom is -0.288 e. The van der Waals surface area contributed by atoms with E-state index in [-0.39, 0.29) is 11.1 Å². The van der Waals surface area contributed by atoms with Gasteiger partial charge >= 0.3 is 6.18 Å². The van der Waals surface area contributed by atoms with E-state index < -0.39 is 28.9 Å². The monoisotopic (exact) mass is 282 g/mol.